The van der Waals surface area contributed by atoms with Crippen molar-refractivity contribution in [3.8, 4) is 0 Å². The fourth-order valence-electron chi connectivity index (χ4n) is 9.34. The molecule has 0 fully saturated rings. The number of ether oxygens (including phenoxy) is 1. The van der Waals surface area contributed by atoms with Gasteiger partial charge < -0.3 is 4.74 Å². The summed E-state index contributed by atoms with van der Waals surface area (Å²) in [4.78, 5) is 0. The van der Waals surface area contributed by atoms with E-state index in [0.717, 1.165) is 13.2 Å². The first-order valence-electron chi connectivity index (χ1n) is 21.4. The minimum absolute atomic E-state index is 0.0260. The van der Waals surface area contributed by atoms with Crippen molar-refractivity contribution in [2.24, 2.45) is 10.8 Å². The topological polar surface area (TPSA) is 9.23 Å². The van der Waals surface area contributed by atoms with Crippen LogP contribution in [0.5, 0.6) is 0 Å². The van der Waals surface area contributed by atoms with Crippen LogP contribution in [-0.4, -0.2) is 13.2 Å². The molecule has 0 saturated heterocycles. The van der Waals surface area contributed by atoms with Crippen LogP contribution >= 0.6 is 0 Å². The Labute approximate surface area is 326 Å². The maximum Gasteiger partial charge on any atom is 0.0466 e. The van der Waals surface area contributed by atoms with Crippen molar-refractivity contribution in [3.05, 3.63) is 144 Å². The van der Waals surface area contributed by atoms with Gasteiger partial charge in [-0.15, -0.1) is 0 Å². The molecular weight excluding hydrogens is 641 g/mol. The lowest BCUT2D eigenvalue weighted by Gasteiger charge is -2.46. The van der Waals surface area contributed by atoms with Gasteiger partial charge in [-0.2, -0.15) is 0 Å². The van der Waals surface area contributed by atoms with Crippen LogP contribution in [0.2, 0.25) is 0 Å². The predicted octanol–water partition coefficient (Wildman–Crippen LogP) is 15.3. The van der Waals surface area contributed by atoms with Gasteiger partial charge >= 0.3 is 0 Å². The van der Waals surface area contributed by atoms with Gasteiger partial charge in [-0.25, -0.2) is 0 Å². The summed E-state index contributed by atoms with van der Waals surface area (Å²) >= 11 is 0. The lowest BCUT2D eigenvalue weighted by Crippen LogP contribution is -2.41. The highest BCUT2D eigenvalue weighted by Gasteiger charge is 2.45. The van der Waals surface area contributed by atoms with Gasteiger partial charge in [0.1, 0.15) is 0 Å². The van der Waals surface area contributed by atoms with Crippen LogP contribution < -0.4 is 0 Å². The van der Waals surface area contributed by atoms with Gasteiger partial charge in [0.2, 0.25) is 0 Å². The Morgan fingerprint density at radius 1 is 0.302 bits per heavy atom. The van der Waals surface area contributed by atoms with Crippen LogP contribution in [0.15, 0.2) is 121 Å². The van der Waals surface area contributed by atoms with E-state index in [1.54, 1.807) is 0 Å². The van der Waals surface area contributed by atoms with E-state index in [1.165, 1.54) is 125 Å². The van der Waals surface area contributed by atoms with E-state index in [9.17, 15) is 0 Å². The Kier molecular flexibility index (Phi) is 17.4. The van der Waals surface area contributed by atoms with Crippen LogP contribution in [-0.2, 0) is 15.6 Å². The molecule has 0 N–H and O–H groups in total. The quantitative estimate of drug-likeness (QED) is 0.0657. The average Bonchev–Trinajstić information content (AvgIpc) is 3.16. The molecule has 4 aromatic carbocycles. The van der Waals surface area contributed by atoms with Crippen LogP contribution in [0.1, 0.15) is 167 Å². The molecule has 0 unspecified atom stereocenters. The Morgan fingerprint density at radius 2 is 0.528 bits per heavy atom. The smallest absolute Gasteiger partial charge is 0.0466 e. The number of hydrogen-bond acceptors (Lipinski definition) is 1. The summed E-state index contributed by atoms with van der Waals surface area (Å²) in [5.41, 5.74) is 6.12. The van der Waals surface area contributed by atoms with E-state index in [4.69, 9.17) is 4.74 Å². The first kappa shape index (κ1) is 42.6. The Morgan fingerprint density at radius 3 is 0.774 bits per heavy atom. The minimum Gasteiger partial charge on any atom is -0.381 e. The van der Waals surface area contributed by atoms with E-state index in [-0.39, 0.29) is 21.7 Å². The van der Waals surface area contributed by atoms with Crippen molar-refractivity contribution in [1.82, 2.24) is 0 Å². The highest BCUT2D eigenvalue weighted by atomic mass is 16.5. The van der Waals surface area contributed by atoms with Gasteiger partial charge in [0.05, 0.1) is 0 Å². The zero-order chi connectivity index (χ0) is 37.9. The summed E-state index contributed by atoms with van der Waals surface area (Å²) in [7, 11) is 0. The average molecular weight is 715 g/mol. The second-order valence-electron chi connectivity index (χ2n) is 17.8. The highest BCUT2D eigenvalue weighted by Crippen LogP contribution is 2.51. The zero-order valence-electron chi connectivity index (χ0n) is 34.7. The monoisotopic (exact) mass is 715 g/mol. The molecule has 0 bridgehead atoms. The Hall–Kier alpha value is -3.16. The molecule has 0 atom stereocenters. The van der Waals surface area contributed by atoms with Crippen molar-refractivity contribution in [3.63, 3.8) is 0 Å². The molecule has 0 saturated carbocycles. The largest absolute Gasteiger partial charge is 0.381 e. The van der Waals surface area contributed by atoms with E-state index >= 15 is 0 Å². The maximum atomic E-state index is 6.03. The van der Waals surface area contributed by atoms with Crippen LogP contribution in [0.3, 0.4) is 0 Å². The highest BCUT2D eigenvalue weighted by molar-refractivity contribution is 5.43. The predicted molar refractivity (Wildman–Crippen MR) is 231 cm³/mol. The van der Waals surface area contributed by atoms with E-state index in [1.807, 2.05) is 0 Å². The molecule has 0 amide bonds. The molecular formula is C52H74O. The Bertz CT molecular complexity index is 1300. The third kappa shape index (κ3) is 11.9. The minimum atomic E-state index is 0.0260. The van der Waals surface area contributed by atoms with E-state index in [2.05, 4.69) is 163 Å². The molecule has 1 heteroatoms. The van der Waals surface area contributed by atoms with Crippen molar-refractivity contribution >= 4 is 0 Å². The molecule has 0 spiro atoms. The molecule has 4 aromatic rings. The molecule has 4 rings (SSSR count). The number of benzene rings is 4. The molecule has 53 heavy (non-hydrogen) atoms. The van der Waals surface area contributed by atoms with E-state index < -0.39 is 0 Å². The standard InChI is InChI=1S/C52H74O/c1-49(2,3)51(45-33-21-17-22-34-45,46-35-23-18-24-36-46)41-29-13-9-7-11-15-31-43-53-44-32-16-12-8-10-14-30-42-52(50(4,5)6,47-37-25-19-26-38-47)48-39-27-20-28-40-48/h17-28,33-40H,7-16,29-32,41-44H2,1-6H3. The summed E-state index contributed by atoms with van der Waals surface area (Å²) in [6.45, 7) is 16.4. The Balaban J connectivity index is 1.03. The maximum absolute atomic E-state index is 6.03. The van der Waals surface area contributed by atoms with Crippen molar-refractivity contribution in [1.29, 1.82) is 0 Å². The van der Waals surface area contributed by atoms with Gasteiger partial charge in [-0.1, -0.05) is 240 Å². The third-order valence-corrected chi connectivity index (χ3v) is 12.3. The molecule has 0 aliphatic heterocycles. The van der Waals surface area contributed by atoms with Gasteiger partial charge in [-0.3, -0.25) is 0 Å². The number of rotatable bonds is 24. The summed E-state index contributed by atoms with van der Waals surface area (Å²) in [6.07, 6.45) is 20.6. The first-order valence-corrected chi connectivity index (χ1v) is 21.4. The normalized spacial score (nSPS) is 12.6. The van der Waals surface area contributed by atoms with Gasteiger partial charge in [0.15, 0.2) is 0 Å². The zero-order valence-corrected chi connectivity index (χ0v) is 34.7. The second kappa shape index (κ2) is 21.7. The molecule has 1 nitrogen and oxygen atoms in total. The van der Waals surface area contributed by atoms with Crippen molar-refractivity contribution in [2.75, 3.05) is 13.2 Å². The van der Waals surface area contributed by atoms with Crippen molar-refractivity contribution in [2.45, 2.75) is 155 Å². The summed E-state index contributed by atoms with van der Waals surface area (Å²) in [5.74, 6) is 0. The molecule has 288 valence electrons. The van der Waals surface area contributed by atoms with Gasteiger partial charge in [0.25, 0.3) is 0 Å². The summed E-state index contributed by atoms with van der Waals surface area (Å²) in [5, 5.41) is 0. The lowest BCUT2D eigenvalue weighted by atomic mass is 9.57. The van der Waals surface area contributed by atoms with Crippen LogP contribution in [0, 0.1) is 10.8 Å². The molecule has 0 aliphatic rings. The molecule has 0 radical (unpaired) electrons. The molecule has 0 heterocycles. The summed E-state index contributed by atoms with van der Waals surface area (Å²) in [6, 6.07) is 45.0. The summed E-state index contributed by atoms with van der Waals surface area (Å²) < 4.78 is 6.03. The lowest BCUT2D eigenvalue weighted by molar-refractivity contribution is 0.125. The fraction of sp³-hybridized carbons (Fsp3) is 0.538. The second-order valence-corrected chi connectivity index (χ2v) is 17.8. The van der Waals surface area contributed by atoms with Crippen LogP contribution in [0.4, 0.5) is 0 Å². The van der Waals surface area contributed by atoms with Crippen LogP contribution in [0.25, 0.3) is 0 Å². The number of unbranched alkanes of at least 4 members (excludes halogenated alkanes) is 12. The van der Waals surface area contributed by atoms with Gasteiger partial charge in [-0.05, 0) is 58.8 Å². The molecule has 0 aliphatic carbocycles. The SMILES string of the molecule is CC(C)(C)C(CCCCCCCCCOCCCCCCCCCC(c1ccccc1)(c1ccccc1)C(C)(C)C)(c1ccccc1)c1ccccc1. The van der Waals surface area contributed by atoms with Gasteiger partial charge in [0, 0.05) is 24.0 Å². The van der Waals surface area contributed by atoms with Crippen molar-refractivity contribution < 1.29 is 4.74 Å². The fourth-order valence-corrected chi connectivity index (χ4v) is 9.34. The number of hydrogen-bond donors (Lipinski definition) is 0. The van der Waals surface area contributed by atoms with E-state index in [0.29, 0.717) is 0 Å². The third-order valence-electron chi connectivity index (χ3n) is 12.3. The first-order chi connectivity index (χ1) is 25.6. The molecule has 0 aromatic heterocycles.